The fraction of sp³-hybridized carbons (Fsp3) is 0.565. The standard InChI is InChI=1S/C23H35N7O/c1-24-23(30-17-13-28(14-18-30)20-21-8-19-31-26-21)25-9-5-10-27-11-15-29(16-12-27)22-6-3-2-4-7-22/h2-4,6-8,19H,5,9-18,20H2,1H3,(H,24,25). The topological polar surface area (TPSA) is 63.4 Å². The lowest BCUT2D eigenvalue weighted by molar-refractivity contribution is 0.169. The van der Waals surface area contributed by atoms with Crippen molar-refractivity contribution in [3.05, 3.63) is 48.4 Å². The van der Waals surface area contributed by atoms with E-state index in [2.05, 4.69) is 65.4 Å². The minimum Gasteiger partial charge on any atom is -0.369 e. The second-order valence-electron chi connectivity index (χ2n) is 8.25. The molecule has 2 aromatic rings. The number of hydrogen-bond donors (Lipinski definition) is 1. The Morgan fingerprint density at radius 2 is 1.71 bits per heavy atom. The first-order valence-corrected chi connectivity index (χ1v) is 11.4. The molecule has 0 amide bonds. The zero-order valence-electron chi connectivity index (χ0n) is 18.6. The van der Waals surface area contributed by atoms with E-state index in [1.54, 1.807) is 6.26 Å². The van der Waals surface area contributed by atoms with Crippen LogP contribution >= 0.6 is 0 Å². The summed E-state index contributed by atoms with van der Waals surface area (Å²) < 4.78 is 4.93. The summed E-state index contributed by atoms with van der Waals surface area (Å²) in [6, 6.07) is 12.7. The van der Waals surface area contributed by atoms with Gasteiger partial charge in [0, 0.05) is 84.2 Å². The summed E-state index contributed by atoms with van der Waals surface area (Å²) in [6.07, 6.45) is 2.77. The fourth-order valence-electron chi connectivity index (χ4n) is 4.37. The molecule has 1 aromatic carbocycles. The molecule has 0 aliphatic carbocycles. The first-order chi connectivity index (χ1) is 15.3. The van der Waals surface area contributed by atoms with Crippen molar-refractivity contribution in [2.24, 2.45) is 4.99 Å². The van der Waals surface area contributed by atoms with E-state index in [-0.39, 0.29) is 0 Å². The second-order valence-corrected chi connectivity index (χ2v) is 8.25. The van der Waals surface area contributed by atoms with Crippen molar-refractivity contribution >= 4 is 11.6 Å². The van der Waals surface area contributed by atoms with Gasteiger partial charge < -0.3 is 19.6 Å². The number of rotatable bonds is 7. The Bertz CT molecular complexity index is 780. The lowest BCUT2D eigenvalue weighted by atomic mass is 10.2. The number of aromatic nitrogens is 1. The molecule has 0 bridgehead atoms. The molecule has 1 aromatic heterocycles. The van der Waals surface area contributed by atoms with E-state index in [1.165, 1.54) is 5.69 Å². The van der Waals surface area contributed by atoms with Crippen LogP contribution in [0.4, 0.5) is 5.69 Å². The molecule has 0 atom stereocenters. The summed E-state index contributed by atoms with van der Waals surface area (Å²) in [5.74, 6) is 1.02. The summed E-state index contributed by atoms with van der Waals surface area (Å²) in [6.45, 7) is 11.4. The Labute approximate surface area is 185 Å². The van der Waals surface area contributed by atoms with Gasteiger partial charge in [0.1, 0.15) is 6.26 Å². The van der Waals surface area contributed by atoms with Crippen LogP contribution in [0.15, 0.2) is 52.2 Å². The smallest absolute Gasteiger partial charge is 0.193 e. The van der Waals surface area contributed by atoms with Crippen LogP contribution in [0, 0.1) is 0 Å². The van der Waals surface area contributed by atoms with E-state index in [0.29, 0.717) is 0 Å². The molecule has 2 saturated heterocycles. The van der Waals surface area contributed by atoms with E-state index < -0.39 is 0 Å². The summed E-state index contributed by atoms with van der Waals surface area (Å²) in [4.78, 5) is 14.3. The van der Waals surface area contributed by atoms with Gasteiger partial charge in [-0.15, -0.1) is 0 Å². The molecular formula is C23H35N7O. The van der Waals surface area contributed by atoms with Crippen LogP contribution in [-0.2, 0) is 6.54 Å². The van der Waals surface area contributed by atoms with Gasteiger partial charge in [-0.2, -0.15) is 0 Å². The van der Waals surface area contributed by atoms with Gasteiger partial charge in [-0.3, -0.25) is 14.8 Å². The molecule has 8 nitrogen and oxygen atoms in total. The Morgan fingerprint density at radius 1 is 0.968 bits per heavy atom. The minimum atomic E-state index is 0.855. The maximum Gasteiger partial charge on any atom is 0.193 e. The molecule has 3 heterocycles. The molecule has 2 aliphatic rings. The summed E-state index contributed by atoms with van der Waals surface area (Å²) >= 11 is 0. The van der Waals surface area contributed by atoms with E-state index >= 15 is 0 Å². The molecule has 0 saturated carbocycles. The third kappa shape index (κ3) is 6.21. The third-order valence-corrected chi connectivity index (χ3v) is 6.19. The maximum absolute atomic E-state index is 4.93. The van der Waals surface area contributed by atoms with Crippen LogP contribution < -0.4 is 10.2 Å². The molecule has 1 N–H and O–H groups in total. The number of anilines is 1. The fourth-order valence-corrected chi connectivity index (χ4v) is 4.37. The van der Waals surface area contributed by atoms with Gasteiger partial charge in [0.25, 0.3) is 0 Å². The average molecular weight is 426 g/mol. The molecule has 8 heteroatoms. The Kier molecular flexibility index (Phi) is 7.79. The molecule has 0 spiro atoms. The summed E-state index contributed by atoms with van der Waals surface area (Å²) in [5.41, 5.74) is 2.34. The highest BCUT2D eigenvalue weighted by Gasteiger charge is 2.20. The monoisotopic (exact) mass is 425 g/mol. The number of benzene rings is 1. The second kappa shape index (κ2) is 11.2. The van der Waals surface area contributed by atoms with Crippen LogP contribution in [0.1, 0.15) is 12.1 Å². The SMILES string of the molecule is CN=C(NCCCN1CCN(c2ccccc2)CC1)N1CCN(Cc2ccon2)CC1. The normalized spacial score (nSPS) is 19.1. The predicted molar refractivity (Wildman–Crippen MR) is 124 cm³/mol. The quantitative estimate of drug-likeness (QED) is 0.411. The molecule has 0 unspecified atom stereocenters. The number of guanidine groups is 1. The Morgan fingerprint density at radius 3 is 2.39 bits per heavy atom. The average Bonchev–Trinajstić information content (AvgIpc) is 3.34. The molecule has 168 valence electrons. The number of hydrogen-bond acceptors (Lipinski definition) is 6. The van der Waals surface area contributed by atoms with Crippen molar-refractivity contribution < 1.29 is 4.52 Å². The van der Waals surface area contributed by atoms with Crippen molar-refractivity contribution in [1.29, 1.82) is 0 Å². The number of piperazine rings is 2. The number of nitrogens with zero attached hydrogens (tertiary/aromatic N) is 6. The van der Waals surface area contributed by atoms with Crippen LogP contribution in [0.5, 0.6) is 0 Å². The van der Waals surface area contributed by atoms with Gasteiger partial charge in [0.2, 0.25) is 0 Å². The minimum absolute atomic E-state index is 0.855. The van der Waals surface area contributed by atoms with Crippen molar-refractivity contribution in [2.75, 3.05) is 77.4 Å². The van der Waals surface area contributed by atoms with Gasteiger partial charge >= 0.3 is 0 Å². The molecule has 2 aliphatic heterocycles. The van der Waals surface area contributed by atoms with E-state index in [4.69, 9.17) is 4.52 Å². The van der Waals surface area contributed by atoms with Crippen molar-refractivity contribution in [3.63, 3.8) is 0 Å². The first-order valence-electron chi connectivity index (χ1n) is 11.4. The van der Waals surface area contributed by atoms with Crippen molar-refractivity contribution in [3.8, 4) is 0 Å². The molecule has 2 fully saturated rings. The van der Waals surface area contributed by atoms with Gasteiger partial charge in [-0.1, -0.05) is 23.4 Å². The lowest BCUT2D eigenvalue weighted by Crippen LogP contribution is -2.52. The molecule has 31 heavy (non-hydrogen) atoms. The highest BCUT2D eigenvalue weighted by atomic mass is 16.5. The number of para-hydroxylation sites is 1. The van der Waals surface area contributed by atoms with Gasteiger partial charge in [0.05, 0.1) is 5.69 Å². The number of nitrogens with one attached hydrogen (secondary N) is 1. The summed E-state index contributed by atoms with van der Waals surface area (Å²) in [5, 5.41) is 7.58. The van der Waals surface area contributed by atoms with Crippen LogP contribution in [0.2, 0.25) is 0 Å². The lowest BCUT2D eigenvalue weighted by Gasteiger charge is -2.37. The Hall–Kier alpha value is -2.58. The van der Waals surface area contributed by atoms with Crippen molar-refractivity contribution in [1.82, 2.24) is 25.2 Å². The Balaban J connectivity index is 1.11. The molecule has 0 radical (unpaired) electrons. The van der Waals surface area contributed by atoms with E-state index in [0.717, 1.165) is 90.1 Å². The van der Waals surface area contributed by atoms with Crippen molar-refractivity contribution in [2.45, 2.75) is 13.0 Å². The van der Waals surface area contributed by atoms with Crippen LogP contribution in [-0.4, -0.2) is 98.3 Å². The zero-order chi connectivity index (χ0) is 21.3. The zero-order valence-corrected chi connectivity index (χ0v) is 18.6. The first kappa shape index (κ1) is 21.6. The van der Waals surface area contributed by atoms with Crippen LogP contribution in [0.25, 0.3) is 0 Å². The van der Waals surface area contributed by atoms with Gasteiger partial charge in [-0.05, 0) is 25.1 Å². The largest absolute Gasteiger partial charge is 0.369 e. The summed E-state index contributed by atoms with van der Waals surface area (Å²) in [7, 11) is 1.88. The third-order valence-electron chi connectivity index (χ3n) is 6.19. The number of aliphatic imine (C=N–C) groups is 1. The van der Waals surface area contributed by atoms with Gasteiger partial charge in [-0.25, -0.2) is 0 Å². The van der Waals surface area contributed by atoms with E-state index in [9.17, 15) is 0 Å². The van der Waals surface area contributed by atoms with Crippen LogP contribution in [0.3, 0.4) is 0 Å². The maximum atomic E-state index is 4.93. The molecule has 4 rings (SSSR count). The highest BCUT2D eigenvalue weighted by molar-refractivity contribution is 5.79. The molecular weight excluding hydrogens is 390 g/mol. The van der Waals surface area contributed by atoms with E-state index in [1.807, 2.05) is 13.1 Å². The predicted octanol–water partition coefficient (Wildman–Crippen LogP) is 1.58. The van der Waals surface area contributed by atoms with Gasteiger partial charge in [0.15, 0.2) is 5.96 Å². The highest BCUT2D eigenvalue weighted by Crippen LogP contribution is 2.15.